The minimum Gasteiger partial charge on any atom is -0.489 e. The summed E-state index contributed by atoms with van der Waals surface area (Å²) in [7, 11) is -0.467. The molecule has 2 fully saturated rings. The quantitative estimate of drug-likeness (QED) is 0.815. The van der Waals surface area contributed by atoms with Gasteiger partial charge >= 0.3 is 13.2 Å². The molecule has 0 saturated carbocycles. The lowest BCUT2D eigenvalue weighted by molar-refractivity contribution is 0.00578. The second-order valence-corrected chi connectivity index (χ2v) is 8.27. The summed E-state index contributed by atoms with van der Waals surface area (Å²) in [6, 6.07) is 5.54. The van der Waals surface area contributed by atoms with Gasteiger partial charge in [0.05, 0.1) is 16.2 Å². The van der Waals surface area contributed by atoms with E-state index in [-0.39, 0.29) is 6.10 Å². The van der Waals surface area contributed by atoms with Crippen LogP contribution in [0.25, 0.3) is 0 Å². The third kappa shape index (κ3) is 3.80. The van der Waals surface area contributed by atoms with E-state index in [4.69, 9.17) is 30.8 Å². The molecule has 0 radical (unpaired) electrons. The molecule has 0 unspecified atom stereocenters. The average molecular weight is 382 g/mol. The third-order valence-electron chi connectivity index (χ3n) is 5.49. The molecule has 0 aliphatic carbocycles. The van der Waals surface area contributed by atoms with Crippen molar-refractivity contribution in [3.8, 4) is 5.75 Å². The second kappa shape index (κ2) is 6.95. The Morgan fingerprint density at radius 3 is 2.31 bits per heavy atom. The van der Waals surface area contributed by atoms with Crippen LogP contribution in [-0.4, -0.2) is 53.6 Å². The smallest absolute Gasteiger partial charge is 0.489 e. The highest BCUT2D eigenvalue weighted by atomic mass is 35.5. The number of carbonyl (C=O) groups is 1. The summed E-state index contributed by atoms with van der Waals surface area (Å²) in [6.45, 7) is 8.99. The molecule has 2 heterocycles. The van der Waals surface area contributed by atoms with Crippen molar-refractivity contribution in [2.45, 2.75) is 57.8 Å². The molecule has 2 aliphatic heterocycles. The first-order chi connectivity index (χ1) is 12.1. The van der Waals surface area contributed by atoms with Crippen LogP contribution in [0.4, 0.5) is 4.79 Å². The molecule has 6 nitrogen and oxygen atoms in total. The maximum absolute atomic E-state index is 11.0. The number of hydrogen-bond donors (Lipinski definition) is 1. The fourth-order valence-electron chi connectivity index (χ4n) is 3.08. The summed E-state index contributed by atoms with van der Waals surface area (Å²) in [5.74, 6) is 0.598. The van der Waals surface area contributed by atoms with Gasteiger partial charge in [0.25, 0.3) is 0 Å². The fraction of sp³-hybridized carbons (Fsp3) is 0.611. The Hall–Kier alpha value is -1.44. The maximum atomic E-state index is 11.0. The Balaban J connectivity index is 1.65. The monoisotopic (exact) mass is 381 g/mol. The van der Waals surface area contributed by atoms with Crippen molar-refractivity contribution in [3.05, 3.63) is 23.2 Å². The molecule has 1 N–H and O–H groups in total. The summed E-state index contributed by atoms with van der Waals surface area (Å²) < 4.78 is 18.1. The van der Waals surface area contributed by atoms with Gasteiger partial charge in [0, 0.05) is 25.9 Å². The predicted molar refractivity (Wildman–Crippen MR) is 100 cm³/mol. The van der Waals surface area contributed by atoms with Crippen LogP contribution in [0.3, 0.4) is 0 Å². The first-order valence-electron chi connectivity index (χ1n) is 8.89. The largest absolute Gasteiger partial charge is 0.494 e. The van der Waals surface area contributed by atoms with E-state index in [1.165, 1.54) is 4.90 Å². The van der Waals surface area contributed by atoms with E-state index in [1.807, 2.05) is 45.9 Å². The molecule has 2 aliphatic rings. The normalized spacial score (nSPS) is 22.5. The number of ether oxygens (including phenoxy) is 1. The van der Waals surface area contributed by atoms with Gasteiger partial charge in [-0.1, -0.05) is 17.7 Å². The molecule has 1 aromatic rings. The Kier molecular flexibility index (Phi) is 5.16. The summed E-state index contributed by atoms with van der Waals surface area (Å²) in [5, 5.41) is 9.50. The van der Waals surface area contributed by atoms with Crippen LogP contribution in [0.15, 0.2) is 18.2 Å². The van der Waals surface area contributed by atoms with Crippen LogP contribution in [0.1, 0.15) is 40.5 Å². The van der Waals surface area contributed by atoms with E-state index in [0.717, 1.165) is 5.46 Å². The molecule has 0 bridgehead atoms. The van der Waals surface area contributed by atoms with E-state index < -0.39 is 24.4 Å². The zero-order valence-electron chi connectivity index (χ0n) is 15.6. The SMILES string of the molecule is CC1(C)OB(c2ccc(OC3CCN(C(=O)O)CC3)c(Cl)c2)OC1(C)C. The molecule has 0 atom stereocenters. The number of nitrogens with zero attached hydrogens (tertiary/aromatic N) is 1. The van der Waals surface area contributed by atoms with Crippen LogP contribution in [-0.2, 0) is 9.31 Å². The predicted octanol–water partition coefficient (Wildman–Crippen LogP) is 3.16. The molecule has 3 rings (SSSR count). The Morgan fingerprint density at radius 2 is 1.81 bits per heavy atom. The van der Waals surface area contributed by atoms with Gasteiger partial charge in [-0.05, 0) is 45.3 Å². The van der Waals surface area contributed by atoms with Crippen molar-refractivity contribution in [3.63, 3.8) is 0 Å². The molecule has 2 saturated heterocycles. The van der Waals surface area contributed by atoms with Gasteiger partial charge in [-0.15, -0.1) is 0 Å². The van der Waals surface area contributed by atoms with Gasteiger partial charge in [0.15, 0.2) is 0 Å². The first-order valence-corrected chi connectivity index (χ1v) is 9.26. The summed E-state index contributed by atoms with van der Waals surface area (Å²) >= 11 is 6.41. The number of piperidine rings is 1. The van der Waals surface area contributed by atoms with Gasteiger partial charge in [0.2, 0.25) is 0 Å². The minimum absolute atomic E-state index is 0.0363. The van der Waals surface area contributed by atoms with Gasteiger partial charge < -0.3 is 24.1 Å². The molecule has 8 heteroatoms. The highest BCUT2D eigenvalue weighted by Gasteiger charge is 2.51. The highest BCUT2D eigenvalue weighted by molar-refractivity contribution is 6.62. The van der Waals surface area contributed by atoms with Gasteiger partial charge in [-0.3, -0.25) is 0 Å². The standard InChI is InChI=1S/C18H25BClNO5/c1-17(2)18(3,4)26-19(25-17)12-5-6-15(14(20)11-12)24-13-7-9-21(10-8-13)16(22)23/h5-6,11,13H,7-10H2,1-4H3,(H,22,23). The lowest BCUT2D eigenvalue weighted by atomic mass is 9.79. The molecule has 1 amide bonds. The summed E-state index contributed by atoms with van der Waals surface area (Å²) in [6.07, 6.45) is 0.391. The van der Waals surface area contributed by atoms with Crippen molar-refractivity contribution < 1.29 is 23.9 Å². The molecular weight excluding hydrogens is 356 g/mol. The van der Waals surface area contributed by atoms with E-state index in [9.17, 15) is 4.79 Å². The minimum atomic E-state index is -0.881. The summed E-state index contributed by atoms with van der Waals surface area (Å²) in [5.41, 5.74) is 0.0381. The summed E-state index contributed by atoms with van der Waals surface area (Å²) in [4.78, 5) is 12.4. The number of halogens is 1. The lowest BCUT2D eigenvalue weighted by Crippen LogP contribution is -2.41. The Morgan fingerprint density at radius 1 is 1.23 bits per heavy atom. The second-order valence-electron chi connectivity index (χ2n) is 7.86. The first kappa shape index (κ1) is 19.3. The molecule has 0 aromatic heterocycles. The maximum Gasteiger partial charge on any atom is 0.494 e. The number of rotatable bonds is 3. The van der Waals surface area contributed by atoms with Crippen molar-refractivity contribution in [1.29, 1.82) is 0 Å². The van der Waals surface area contributed by atoms with E-state index in [2.05, 4.69) is 0 Å². The average Bonchev–Trinajstić information content (AvgIpc) is 2.78. The van der Waals surface area contributed by atoms with Crippen LogP contribution >= 0.6 is 11.6 Å². The molecule has 0 spiro atoms. The highest BCUT2D eigenvalue weighted by Crippen LogP contribution is 2.37. The number of carboxylic acid groups (broad SMARTS) is 1. The van der Waals surface area contributed by atoms with Crippen LogP contribution in [0.5, 0.6) is 5.75 Å². The Bertz CT molecular complexity index is 672. The lowest BCUT2D eigenvalue weighted by Gasteiger charge is -2.32. The van der Waals surface area contributed by atoms with Gasteiger partial charge in [-0.25, -0.2) is 4.79 Å². The number of likely N-dealkylation sites (tertiary alicyclic amines) is 1. The van der Waals surface area contributed by atoms with Crippen molar-refractivity contribution in [2.75, 3.05) is 13.1 Å². The molecule has 1 aromatic carbocycles. The van der Waals surface area contributed by atoms with Crippen LogP contribution in [0, 0.1) is 0 Å². The Labute approximate surface area is 159 Å². The van der Waals surface area contributed by atoms with Crippen LogP contribution < -0.4 is 10.2 Å². The molecule has 26 heavy (non-hydrogen) atoms. The van der Waals surface area contributed by atoms with E-state index >= 15 is 0 Å². The fourth-order valence-corrected chi connectivity index (χ4v) is 3.32. The zero-order valence-corrected chi connectivity index (χ0v) is 16.4. The van der Waals surface area contributed by atoms with Crippen molar-refractivity contribution in [1.82, 2.24) is 4.90 Å². The van der Waals surface area contributed by atoms with Gasteiger partial charge in [-0.2, -0.15) is 0 Å². The van der Waals surface area contributed by atoms with Crippen molar-refractivity contribution in [2.24, 2.45) is 0 Å². The van der Waals surface area contributed by atoms with E-state index in [0.29, 0.717) is 36.7 Å². The third-order valence-corrected chi connectivity index (χ3v) is 5.78. The van der Waals surface area contributed by atoms with Crippen molar-refractivity contribution >= 4 is 30.3 Å². The van der Waals surface area contributed by atoms with Gasteiger partial charge in [0.1, 0.15) is 11.9 Å². The number of benzene rings is 1. The van der Waals surface area contributed by atoms with Crippen LogP contribution in [0.2, 0.25) is 5.02 Å². The van der Waals surface area contributed by atoms with E-state index in [1.54, 1.807) is 0 Å². The zero-order chi connectivity index (χ0) is 19.1. The number of hydrogen-bond acceptors (Lipinski definition) is 4. The molecule has 142 valence electrons. The topological polar surface area (TPSA) is 68.2 Å². The molecular formula is C18H25BClNO5. The number of amides is 1.